The Morgan fingerprint density at radius 2 is 2.41 bits per heavy atom. The fraction of sp³-hybridized carbons (Fsp3) is 0.182. The number of methoxy groups -OCH3 is 1. The molecule has 86 valence electrons. The SMILES string of the molecule is COC(=O)c1cc2cc(Br)cnc2n1CC#N. The summed E-state index contributed by atoms with van der Waals surface area (Å²) in [6, 6.07) is 5.50. The molecule has 5 nitrogen and oxygen atoms in total. The van der Waals surface area contributed by atoms with Gasteiger partial charge in [-0.2, -0.15) is 5.26 Å². The second kappa shape index (κ2) is 4.55. The molecular formula is C11H8BrN3O2. The predicted molar refractivity (Wildman–Crippen MR) is 64.4 cm³/mol. The molecule has 0 atom stereocenters. The molecule has 0 N–H and O–H groups in total. The van der Waals surface area contributed by atoms with E-state index in [-0.39, 0.29) is 6.54 Å². The van der Waals surface area contributed by atoms with E-state index in [9.17, 15) is 4.79 Å². The summed E-state index contributed by atoms with van der Waals surface area (Å²) in [5, 5.41) is 9.56. The summed E-state index contributed by atoms with van der Waals surface area (Å²) < 4.78 is 7.02. The quantitative estimate of drug-likeness (QED) is 0.795. The number of hydrogen-bond donors (Lipinski definition) is 0. The number of carbonyl (C=O) groups is 1. The zero-order valence-corrected chi connectivity index (χ0v) is 10.6. The van der Waals surface area contributed by atoms with E-state index in [1.165, 1.54) is 11.7 Å². The Kier molecular flexibility index (Phi) is 3.11. The van der Waals surface area contributed by atoms with Gasteiger partial charge in [0, 0.05) is 16.1 Å². The van der Waals surface area contributed by atoms with Crippen LogP contribution in [0.2, 0.25) is 0 Å². The van der Waals surface area contributed by atoms with Gasteiger partial charge in [0.1, 0.15) is 17.9 Å². The average molecular weight is 294 g/mol. The number of fused-ring (bicyclic) bond motifs is 1. The van der Waals surface area contributed by atoms with Crippen LogP contribution in [0.1, 0.15) is 10.5 Å². The highest BCUT2D eigenvalue weighted by molar-refractivity contribution is 9.10. The third kappa shape index (κ3) is 2.01. The normalized spacial score (nSPS) is 10.2. The van der Waals surface area contributed by atoms with E-state index in [1.54, 1.807) is 12.3 Å². The summed E-state index contributed by atoms with van der Waals surface area (Å²) >= 11 is 3.31. The van der Waals surface area contributed by atoms with Crippen LogP contribution in [0.25, 0.3) is 11.0 Å². The molecule has 0 amide bonds. The molecule has 0 radical (unpaired) electrons. The molecule has 0 aliphatic carbocycles. The Labute approximate surface area is 106 Å². The Morgan fingerprint density at radius 3 is 3.06 bits per heavy atom. The highest BCUT2D eigenvalue weighted by Gasteiger charge is 2.16. The van der Waals surface area contributed by atoms with Gasteiger partial charge in [-0.25, -0.2) is 9.78 Å². The van der Waals surface area contributed by atoms with Crippen LogP contribution in [0, 0.1) is 11.3 Å². The Bertz CT molecular complexity index is 627. The van der Waals surface area contributed by atoms with E-state index in [1.807, 2.05) is 12.1 Å². The number of halogens is 1. The number of nitrogens with zero attached hydrogens (tertiary/aromatic N) is 3. The highest BCUT2D eigenvalue weighted by Crippen LogP contribution is 2.22. The first-order valence-corrected chi connectivity index (χ1v) is 5.56. The molecule has 0 bridgehead atoms. The van der Waals surface area contributed by atoms with Crippen molar-refractivity contribution >= 4 is 32.9 Å². The van der Waals surface area contributed by atoms with Crippen molar-refractivity contribution in [2.75, 3.05) is 7.11 Å². The van der Waals surface area contributed by atoms with E-state index >= 15 is 0 Å². The molecule has 0 aromatic carbocycles. The molecule has 2 rings (SSSR count). The van der Waals surface area contributed by atoms with Gasteiger partial charge in [-0.1, -0.05) is 0 Å². The Hall–Kier alpha value is -1.87. The largest absolute Gasteiger partial charge is 0.464 e. The van der Waals surface area contributed by atoms with Crippen LogP contribution < -0.4 is 0 Å². The van der Waals surface area contributed by atoms with Crippen molar-refractivity contribution in [1.29, 1.82) is 5.26 Å². The van der Waals surface area contributed by atoms with E-state index in [4.69, 9.17) is 5.26 Å². The summed E-state index contributed by atoms with van der Waals surface area (Å²) in [6.45, 7) is 0.0581. The number of aromatic nitrogens is 2. The van der Waals surface area contributed by atoms with Gasteiger partial charge in [0.25, 0.3) is 0 Å². The first-order chi connectivity index (χ1) is 8.17. The summed E-state index contributed by atoms with van der Waals surface area (Å²) in [6.07, 6.45) is 1.62. The second-order valence-electron chi connectivity index (χ2n) is 3.33. The van der Waals surface area contributed by atoms with Gasteiger partial charge in [0.15, 0.2) is 0 Å². The summed E-state index contributed by atoms with van der Waals surface area (Å²) in [4.78, 5) is 15.8. The van der Waals surface area contributed by atoms with Gasteiger partial charge < -0.3 is 9.30 Å². The minimum absolute atomic E-state index is 0.0581. The topological polar surface area (TPSA) is 67.9 Å². The molecule has 6 heteroatoms. The molecule has 0 saturated carbocycles. The summed E-state index contributed by atoms with van der Waals surface area (Å²) in [5.41, 5.74) is 0.921. The van der Waals surface area contributed by atoms with Gasteiger partial charge in [0.05, 0.1) is 13.2 Å². The van der Waals surface area contributed by atoms with Crippen molar-refractivity contribution in [3.05, 3.63) is 28.5 Å². The number of hydrogen-bond acceptors (Lipinski definition) is 4. The average Bonchev–Trinajstić information content (AvgIpc) is 2.67. The van der Waals surface area contributed by atoms with Crippen LogP contribution >= 0.6 is 15.9 Å². The zero-order chi connectivity index (χ0) is 12.4. The van der Waals surface area contributed by atoms with Crippen molar-refractivity contribution in [2.24, 2.45) is 0 Å². The van der Waals surface area contributed by atoms with Crippen LogP contribution in [0.5, 0.6) is 0 Å². The Morgan fingerprint density at radius 1 is 1.65 bits per heavy atom. The third-order valence-corrected chi connectivity index (χ3v) is 2.76. The van der Waals surface area contributed by atoms with Crippen LogP contribution in [-0.4, -0.2) is 22.6 Å². The van der Waals surface area contributed by atoms with Gasteiger partial charge in [-0.05, 0) is 28.1 Å². The smallest absolute Gasteiger partial charge is 0.354 e. The number of rotatable bonds is 2. The molecule has 2 aromatic heterocycles. The molecule has 0 saturated heterocycles. The van der Waals surface area contributed by atoms with E-state index in [0.29, 0.717) is 11.3 Å². The number of pyridine rings is 1. The molecule has 0 aliphatic rings. The molecule has 17 heavy (non-hydrogen) atoms. The van der Waals surface area contributed by atoms with E-state index < -0.39 is 5.97 Å². The minimum Gasteiger partial charge on any atom is -0.464 e. The van der Waals surface area contributed by atoms with Gasteiger partial charge in [0.2, 0.25) is 0 Å². The van der Waals surface area contributed by atoms with Crippen molar-refractivity contribution in [3.8, 4) is 6.07 Å². The molecule has 0 spiro atoms. The lowest BCUT2D eigenvalue weighted by molar-refractivity contribution is 0.0589. The Balaban J connectivity index is 2.70. The van der Waals surface area contributed by atoms with Gasteiger partial charge >= 0.3 is 5.97 Å². The predicted octanol–water partition coefficient (Wildman–Crippen LogP) is 2.11. The maximum atomic E-state index is 11.6. The van der Waals surface area contributed by atoms with Crippen molar-refractivity contribution in [3.63, 3.8) is 0 Å². The highest BCUT2D eigenvalue weighted by atomic mass is 79.9. The standard InChI is InChI=1S/C11H8BrN3O2/c1-17-11(16)9-5-7-4-8(12)6-14-10(7)15(9)3-2-13/h4-6H,3H2,1H3. The zero-order valence-electron chi connectivity index (χ0n) is 8.98. The van der Waals surface area contributed by atoms with Crippen LogP contribution in [0.15, 0.2) is 22.8 Å². The number of esters is 1. The molecule has 2 aromatic rings. The summed E-state index contributed by atoms with van der Waals surface area (Å²) in [5.74, 6) is -0.477. The van der Waals surface area contributed by atoms with Crippen molar-refractivity contribution in [2.45, 2.75) is 6.54 Å². The maximum absolute atomic E-state index is 11.6. The van der Waals surface area contributed by atoms with Crippen LogP contribution in [0.4, 0.5) is 0 Å². The van der Waals surface area contributed by atoms with E-state index in [2.05, 4.69) is 25.7 Å². The first kappa shape index (κ1) is 11.6. The lowest BCUT2D eigenvalue weighted by Gasteiger charge is -2.03. The minimum atomic E-state index is -0.477. The summed E-state index contributed by atoms with van der Waals surface area (Å²) in [7, 11) is 1.31. The monoisotopic (exact) mass is 293 g/mol. The van der Waals surface area contributed by atoms with Gasteiger partial charge in [-0.15, -0.1) is 0 Å². The molecular weight excluding hydrogens is 286 g/mol. The fourth-order valence-corrected chi connectivity index (χ4v) is 1.97. The third-order valence-electron chi connectivity index (χ3n) is 2.32. The fourth-order valence-electron chi connectivity index (χ4n) is 1.62. The van der Waals surface area contributed by atoms with E-state index in [0.717, 1.165) is 9.86 Å². The van der Waals surface area contributed by atoms with Crippen LogP contribution in [0.3, 0.4) is 0 Å². The molecule has 0 aliphatic heterocycles. The molecule has 2 heterocycles. The second-order valence-corrected chi connectivity index (χ2v) is 4.25. The van der Waals surface area contributed by atoms with Crippen molar-refractivity contribution in [1.82, 2.24) is 9.55 Å². The lowest BCUT2D eigenvalue weighted by Crippen LogP contribution is -2.10. The van der Waals surface area contributed by atoms with Crippen LogP contribution in [-0.2, 0) is 11.3 Å². The maximum Gasteiger partial charge on any atom is 0.354 e. The number of nitriles is 1. The molecule has 0 fully saturated rings. The number of carbonyl (C=O) groups excluding carboxylic acids is 1. The van der Waals surface area contributed by atoms with Gasteiger partial charge in [-0.3, -0.25) is 0 Å². The first-order valence-electron chi connectivity index (χ1n) is 4.77. The van der Waals surface area contributed by atoms with Crippen molar-refractivity contribution < 1.29 is 9.53 Å². The molecule has 0 unspecified atom stereocenters. The lowest BCUT2D eigenvalue weighted by atomic mass is 10.3. The number of ether oxygens (including phenoxy) is 1.